The van der Waals surface area contributed by atoms with Gasteiger partial charge in [0.1, 0.15) is 5.82 Å². The maximum atomic E-state index is 13.3. The molecule has 154 valence electrons. The Labute approximate surface area is 172 Å². The minimum absolute atomic E-state index is 0.100. The van der Waals surface area contributed by atoms with Crippen LogP contribution in [0.2, 0.25) is 0 Å². The first-order valence-electron chi connectivity index (χ1n) is 10.6. The molecule has 6 nitrogen and oxygen atoms in total. The Balaban J connectivity index is 1.67. The van der Waals surface area contributed by atoms with E-state index in [2.05, 4.69) is 16.8 Å². The molecule has 0 amide bonds. The van der Waals surface area contributed by atoms with Crippen molar-refractivity contribution in [2.45, 2.75) is 45.6 Å². The summed E-state index contributed by atoms with van der Waals surface area (Å²) in [5, 5.41) is 0. The van der Waals surface area contributed by atoms with Gasteiger partial charge in [-0.25, -0.2) is 4.98 Å². The number of morpholine rings is 1. The number of hydrogen-bond acceptors (Lipinski definition) is 6. The first-order valence-corrected chi connectivity index (χ1v) is 10.6. The molecule has 1 atom stereocenters. The Kier molecular flexibility index (Phi) is 6.21. The van der Waals surface area contributed by atoms with Gasteiger partial charge in [0.25, 0.3) is 0 Å². The van der Waals surface area contributed by atoms with Crippen molar-refractivity contribution in [3.05, 3.63) is 52.5 Å². The van der Waals surface area contributed by atoms with E-state index in [-0.39, 0.29) is 11.9 Å². The third-order valence-electron chi connectivity index (χ3n) is 5.71. The van der Waals surface area contributed by atoms with Gasteiger partial charge in [0.05, 0.1) is 32.3 Å². The van der Waals surface area contributed by atoms with E-state index in [0.29, 0.717) is 26.2 Å². The first kappa shape index (κ1) is 20.0. The lowest BCUT2D eigenvalue weighted by Gasteiger charge is -2.34. The van der Waals surface area contributed by atoms with E-state index in [4.69, 9.17) is 14.5 Å². The van der Waals surface area contributed by atoms with E-state index in [1.165, 1.54) is 0 Å². The standard InChI is InChI=1S/C23H29N3O3/c1-3-18-15-26(8-11-29-18)23-13-20(19-6-9-28-10-7-21(19)25-23)22(27)12-17-5-4-16(2)14-24-17/h4-5,13-14,18H,3,6-12,15H2,1-2H3/t18-/m0/s1. The number of carbonyl (C=O) groups is 1. The average Bonchev–Trinajstić information content (AvgIpc) is 3.00. The van der Waals surface area contributed by atoms with Crippen molar-refractivity contribution in [1.82, 2.24) is 9.97 Å². The van der Waals surface area contributed by atoms with Crippen molar-refractivity contribution in [1.29, 1.82) is 0 Å². The van der Waals surface area contributed by atoms with E-state index in [0.717, 1.165) is 66.2 Å². The molecule has 4 rings (SSSR count). The summed E-state index contributed by atoms with van der Waals surface area (Å²) in [6, 6.07) is 5.92. The second-order valence-corrected chi connectivity index (χ2v) is 7.84. The Hall–Kier alpha value is -2.31. The number of rotatable bonds is 5. The van der Waals surface area contributed by atoms with Gasteiger partial charge >= 0.3 is 0 Å². The molecule has 1 saturated heterocycles. The lowest BCUT2D eigenvalue weighted by molar-refractivity contribution is 0.0381. The maximum Gasteiger partial charge on any atom is 0.169 e. The molecular weight excluding hydrogens is 366 g/mol. The fraction of sp³-hybridized carbons (Fsp3) is 0.522. The predicted octanol–water partition coefficient (Wildman–Crippen LogP) is 2.94. The number of hydrogen-bond donors (Lipinski definition) is 0. The Morgan fingerprint density at radius 2 is 2.10 bits per heavy atom. The van der Waals surface area contributed by atoms with Crippen LogP contribution in [0.1, 0.15) is 46.2 Å². The summed E-state index contributed by atoms with van der Waals surface area (Å²) in [6.07, 6.45) is 4.77. The van der Waals surface area contributed by atoms with E-state index in [1.54, 1.807) is 0 Å². The van der Waals surface area contributed by atoms with Gasteiger partial charge < -0.3 is 14.4 Å². The molecule has 0 bridgehead atoms. The zero-order valence-corrected chi connectivity index (χ0v) is 17.3. The lowest BCUT2D eigenvalue weighted by Crippen LogP contribution is -2.42. The average molecular weight is 396 g/mol. The van der Waals surface area contributed by atoms with Gasteiger partial charge in [-0.3, -0.25) is 9.78 Å². The summed E-state index contributed by atoms with van der Waals surface area (Å²) in [4.78, 5) is 24.9. The number of nitrogens with zero attached hydrogens (tertiary/aromatic N) is 3. The number of ketones is 1. The fourth-order valence-corrected chi connectivity index (χ4v) is 3.99. The molecule has 0 N–H and O–H groups in total. The number of Topliss-reactive ketones (excluding diaryl/α,β-unsaturated/α-hetero) is 1. The Bertz CT molecular complexity index is 866. The third kappa shape index (κ3) is 4.65. The quantitative estimate of drug-likeness (QED) is 0.726. The Morgan fingerprint density at radius 3 is 2.90 bits per heavy atom. The Morgan fingerprint density at radius 1 is 1.24 bits per heavy atom. The fourth-order valence-electron chi connectivity index (χ4n) is 3.99. The van der Waals surface area contributed by atoms with Crippen LogP contribution in [0, 0.1) is 6.92 Å². The molecule has 2 aliphatic heterocycles. The molecule has 2 aromatic heterocycles. The molecule has 29 heavy (non-hydrogen) atoms. The lowest BCUT2D eigenvalue weighted by atomic mass is 9.96. The van der Waals surface area contributed by atoms with Crippen molar-refractivity contribution in [2.75, 3.05) is 37.8 Å². The topological polar surface area (TPSA) is 64.6 Å². The molecule has 0 unspecified atom stereocenters. The minimum Gasteiger partial charge on any atom is -0.381 e. The largest absolute Gasteiger partial charge is 0.381 e. The van der Waals surface area contributed by atoms with Crippen LogP contribution in [0.25, 0.3) is 0 Å². The summed E-state index contributed by atoms with van der Waals surface area (Å²) in [7, 11) is 0. The van der Waals surface area contributed by atoms with Crippen LogP contribution in [-0.4, -0.2) is 54.8 Å². The van der Waals surface area contributed by atoms with Gasteiger partial charge in [-0.2, -0.15) is 0 Å². The van der Waals surface area contributed by atoms with Gasteiger partial charge in [0.2, 0.25) is 0 Å². The SMILES string of the molecule is CC[C@H]1CN(c2cc(C(=O)Cc3ccc(C)cn3)c3c(n2)CCOCC3)CCO1. The molecule has 6 heteroatoms. The normalized spacial score (nSPS) is 19.5. The van der Waals surface area contributed by atoms with E-state index in [9.17, 15) is 4.79 Å². The second kappa shape index (κ2) is 9.01. The van der Waals surface area contributed by atoms with Gasteiger partial charge in [-0.05, 0) is 43.0 Å². The van der Waals surface area contributed by atoms with Gasteiger partial charge in [-0.15, -0.1) is 0 Å². The molecule has 2 aliphatic rings. The molecule has 2 aromatic rings. The maximum absolute atomic E-state index is 13.3. The number of anilines is 1. The van der Waals surface area contributed by atoms with Crippen LogP contribution in [0.5, 0.6) is 0 Å². The molecular formula is C23H29N3O3. The van der Waals surface area contributed by atoms with Gasteiger partial charge in [0.15, 0.2) is 5.78 Å². The molecule has 0 saturated carbocycles. The van der Waals surface area contributed by atoms with Crippen LogP contribution in [-0.2, 0) is 28.7 Å². The van der Waals surface area contributed by atoms with Crippen LogP contribution >= 0.6 is 0 Å². The van der Waals surface area contributed by atoms with Gasteiger partial charge in [0, 0.05) is 42.7 Å². The van der Waals surface area contributed by atoms with Crippen molar-refractivity contribution in [3.63, 3.8) is 0 Å². The first-order chi connectivity index (χ1) is 14.1. The summed E-state index contributed by atoms with van der Waals surface area (Å²) in [5.74, 6) is 0.982. The monoisotopic (exact) mass is 395 g/mol. The zero-order valence-electron chi connectivity index (χ0n) is 17.3. The predicted molar refractivity (Wildman–Crippen MR) is 112 cm³/mol. The number of pyridine rings is 2. The summed E-state index contributed by atoms with van der Waals surface area (Å²) in [5.41, 5.74) is 4.71. The summed E-state index contributed by atoms with van der Waals surface area (Å²) < 4.78 is 11.5. The highest BCUT2D eigenvalue weighted by Crippen LogP contribution is 2.26. The number of fused-ring (bicyclic) bond motifs is 1. The van der Waals surface area contributed by atoms with Crippen LogP contribution in [0.3, 0.4) is 0 Å². The molecule has 0 aromatic carbocycles. The number of ether oxygens (including phenoxy) is 2. The molecule has 4 heterocycles. The van der Waals surface area contributed by atoms with Crippen LogP contribution in [0.15, 0.2) is 24.4 Å². The second-order valence-electron chi connectivity index (χ2n) is 7.84. The van der Waals surface area contributed by atoms with Crippen molar-refractivity contribution >= 4 is 11.6 Å². The number of aromatic nitrogens is 2. The highest BCUT2D eigenvalue weighted by Gasteiger charge is 2.25. The molecule has 1 fully saturated rings. The highest BCUT2D eigenvalue weighted by atomic mass is 16.5. The summed E-state index contributed by atoms with van der Waals surface area (Å²) in [6.45, 7) is 7.72. The number of carbonyl (C=O) groups excluding carboxylic acids is 1. The van der Waals surface area contributed by atoms with Crippen molar-refractivity contribution in [2.24, 2.45) is 0 Å². The molecule has 0 aliphatic carbocycles. The van der Waals surface area contributed by atoms with Crippen LogP contribution in [0.4, 0.5) is 5.82 Å². The minimum atomic E-state index is 0.100. The van der Waals surface area contributed by atoms with Crippen LogP contribution < -0.4 is 4.90 Å². The van der Waals surface area contributed by atoms with E-state index < -0.39 is 0 Å². The number of aryl methyl sites for hydroxylation is 1. The van der Waals surface area contributed by atoms with Crippen molar-refractivity contribution in [3.8, 4) is 0 Å². The third-order valence-corrected chi connectivity index (χ3v) is 5.71. The van der Waals surface area contributed by atoms with E-state index in [1.807, 2.05) is 31.3 Å². The molecule has 0 radical (unpaired) electrons. The van der Waals surface area contributed by atoms with E-state index >= 15 is 0 Å². The van der Waals surface area contributed by atoms with Gasteiger partial charge in [-0.1, -0.05) is 13.0 Å². The highest BCUT2D eigenvalue weighted by molar-refractivity contribution is 5.99. The van der Waals surface area contributed by atoms with Crippen molar-refractivity contribution < 1.29 is 14.3 Å². The smallest absolute Gasteiger partial charge is 0.169 e. The summed E-state index contributed by atoms with van der Waals surface area (Å²) >= 11 is 0. The zero-order chi connectivity index (χ0) is 20.2. The molecule has 0 spiro atoms.